The minimum Gasteiger partial charge on any atom is -0.508 e. The van der Waals surface area contributed by atoms with Gasteiger partial charge in [0, 0.05) is 27.1 Å². The maximum Gasteiger partial charge on any atom is 0.120 e. The van der Waals surface area contributed by atoms with Gasteiger partial charge in [0.1, 0.15) is 5.75 Å². The molecule has 0 aromatic heterocycles. The van der Waals surface area contributed by atoms with E-state index in [0.29, 0.717) is 12.3 Å². The second-order valence-corrected chi connectivity index (χ2v) is 6.17. The largest absolute Gasteiger partial charge is 0.508 e. The predicted molar refractivity (Wildman–Crippen MR) is 85.2 cm³/mol. The highest BCUT2D eigenvalue weighted by Gasteiger charge is 2.09. The van der Waals surface area contributed by atoms with Gasteiger partial charge >= 0.3 is 0 Å². The molecule has 0 fully saturated rings. The van der Waals surface area contributed by atoms with Crippen molar-refractivity contribution in [1.29, 1.82) is 0 Å². The molecule has 1 atom stereocenters. The molecule has 19 heavy (non-hydrogen) atoms. The van der Waals surface area contributed by atoms with E-state index in [1.54, 1.807) is 6.07 Å². The molecule has 4 heteroatoms. The molecule has 2 aromatic rings. The Morgan fingerprint density at radius 1 is 1.16 bits per heavy atom. The van der Waals surface area contributed by atoms with Crippen LogP contribution in [0.3, 0.4) is 0 Å². The van der Waals surface area contributed by atoms with Gasteiger partial charge in [-0.15, -0.1) is 0 Å². The van der Waals surface area contributed by atoms with Gasteiger partial charge in [0.15, 0.2) is 0 Å². The van der Waals surface area contributed by atoms with Crippen molar-refractivity contribution in [3.63, 3.8) is 0 Å². The first-order chi connectivity index (χ1) is 9.08. The molecule has 0 saturated carbocycles. The van der Waals surface area contributed by atoms with E-state index in [0.717, 1.165) is 14.5 Å². The van der Waals surface area contributed by atoms with Crippen LogP contribution < -0.4 is 5.32 Å². The van der Waals surface area contributed by atoms with Crippen molar-refractivity contribution in [2.24, 2.45) is 0 Å². The van der Waals surface area contributed by atoms with Crippen LogP contribution in [-0.4, -0.2) is 5.11 Å². The number of halogens is 2. The van der Waals surface area contributed by atoms with Gasteiger partial charge in [0.25, 0.3) is 0 Å². The molecule has 0 heterocycles. The first kappa shape index (κ1) is 14.6. The summed E-state index contributed by atoms with van der Waals surface area (Å²) < 4.78 is 2.06. The third-order valence-electron chi connectivity index (χ3n) is 3.01. The Balaban J connectivity index is 2.06. The van der Waals surface area contributed by atoms with Crippen molar-refractivity contribution >= 4 is 31.9 Å². The van der Waals surface area contributed by atoms with Gasteiger partial charge in [-0.1, -0.05) is 50.1 Å². The van der Waals surface area contributed by atoms with Crippen LogP contribution in [0, 0.1) is 0 Å². The average molecular weight is 385 g/mol. The molecule has 100 valence electrons. The standard InChI is InChI=1S/C15H15Br2NO/c1-10(13-4-2-3-5-14(13)17)18-9-11-8-12(16)6-7-15(11)19/h2-8,10,18-19H,9H2,1H3/t10-/m0/s1. The molecule has 0 radical (unpaired) electrons. The Hall–Kier alpha value is -0.840. The van der Waals surface area contributed by atoms with E-state index in [4.69, 9.17) is 0 Å². The van der Waals surface area contributed by atoms with Crippen LogP contribution in [0.25, 0.3) is 0 Å². The van der Waals surface area contributed by atoms with E-state index in [1.807, 2.05) is 30.3 Å². The predicted octanol–water partition coefficient (Wildman–Crippen LogP) is 4.77. The van der Waals surface area contributed by atoms with E-state index in [9.17, 15) is 5.11 Å². The molecule has 2 nitrogen and oxygen atoms in total. The highest BCUT2D eigenvalue weighted by molar-refractivity contribution is 9.10. The number of phenols is 1. The summed E-state index contributed by atoms with van der Waals surface area (Å²) in [6.45, 7) is 2.73. The van der Waals surface area contributed by atoms with Crippen molar-refractivity contribution in [2.75, 3.05) is 0 Å². The van der Waals surface area contributed by atoms with E-state index in [1.165, 1.54) is 5.56 Å². The minimum absolute atomic E-state index is 0.203. The summed E-state index contributed by atoms with van der Waals surface area (Å²) in [7, 11) is 0. The van der Waals surface area contributed by atoms with Crippen LogP contribution in [-0.2, 0) is 6.54 Å². The van der Waals surface area contributed by atoms with E-state index in [-0.39, 0.29) is 6.04 Å². The third-order valence-corrected chi connectivity index (χ3v) is 4.23. The summed E-state index contributed by atoms with van der Waals surface area (Å²) in [5.41, 5.74) is 2.09. The quantitative estimate of drug-likeness (QED) is 0.795. The number of rotatable bonds is 4. The second-order valence-electron chi connectivity index (χ2n) is 4.40. The number of nitrogens with one attached hydrogen (secondary N) is 1. The molecule has 0 amide bonds. The van der Waals surface area contributed by atoms with Gasteiger partial charge in [0.05, 0.1) is 0 Å². The fourth-order valence-electron chi connectivity index (χ4n) is 1.89. The van der Waals surface area contributed by atoms with Crippen LogP contribution >= 0.6 is 31.9 Å². The van der Waals surface area contributed by atoms with Crippen molar-refractivity contribution in [3.8, 4) is 5.75 Å². The lowest BCUT2D eigenvalue weighted by atomic mass is 10.1. The summed E-state index contributed by atoms with van der Waals surface area (Å²) in [5.74, 6) is 0.315. The van der Waals surface area contributed by atoms with Crippen molar-refractivity contribution in [2.45, 2.75) is 19.5 Å². The van der Waals surface area contributed by atoms with Gasteiger partial charge < -0.3 is 10.4 Å². The van der Waals surface area contributed by atoms with Crippen molar-refractivity contribution < 1.29 is 5.11 Å². The first-order valence-electron chi connectivity index (χ1n) is 6.03. The Bertz CT molecular complexity index is 572. The van der Waals surface area contributed by atoms with Crippen LogP contribution in [0.2, 0.25) is 0 Å². The average Bonchev–Trinajstić information content (AvgIpc) is 2.40. The molecular formula is C15H15Br2NO. The van der Waals surface area contributed by atoms with Gasteiger partial charge in [-0.05, 0) is 36.8 Å². The topological polar surface area (TPSA) is 32.3 Å². The maximum atomic E-state index is 9.80. The van der Waals surface area contributed by atoms with E-state index < -0.39 is 0 Å². The highest BCUT2D eigenvalue weighted by Crippen LogP contribution is 2.25. The van der Waals surface area contributed by atoms with Gasteiger partial charge in [-0.3, -0.25) is 0 Å². The number of phenolic OH excluding ortho intramolecular Hbond substituents is 1. The normalized spacial score (nSPS) is 12.4. The number of hydrogen-bond donors (Lipinski definition) is 2. The Morgan fingerprint density at radius 3 is 2.63 bits per heavy atom. The van der Waals surface area contributed by atoms with E-state index in [2.05, 4.69) is 50.2 Å². The molecule has 0 bridgehead atoms. The van der Waals surface area contributed by atoms with Crippen LogP contribution in [0.5, 0.6) is 5.75 Å². The molecule has 0 unspecified atom stereocenters. The monoisotopic (exact) mass is 383 g/mol. The second kappa shape index (κ2) is 6.55. The molecule has 0 aliphatic rings. The smallest absolute Gasteiger partial charge is 0.120 e. The molecule has 2 N–H and O–H groups in total. The lowest BCUT2D eigenvalue weighted by molar-refractivity contribution is 0.460. The van der Waals surface area contributed by atoms with Gasteiger partial charge in [-0.25, -0.2) is 0 Å². The lowest BCUT2D eigenvalue weighted by Gasteiger charge is -2.16. The molecule has 0 aliphatic heterocycles. The number of aromatic hydroxyl groups is 1. The summed E-state index contributed by atoms with van der Waals surface area (Å²) in [6.07, 6.45) is 0. The summed E-state index contributed by atoms with van der Waals surface area (Å²) in [5, 5.41) is 13.2. The fraction of sp³-hybridized carbons (Fsp3) is 0.200. The molecule has 0 saturated heterocycles. The summed E-state index contributed by atoms with van der Waals surface area (Å²) in [4.78, 5) is 0. The fourth-order valence-corrected chi connectivity index (χ4v) is 2.93. The van der Waals surface area contributed by atoms with Crippen LogP contribution in [0.15, 0.2) is 51.4 Å². The maximum absolute atomic E-state index is 9.80. The minimum atomic E-state index is 0.203. The molecule has 0 spiro atoms. The number of benzene rings is 2. The van der Waals surface area contributed by atoms with Crippen molar-refractivity contribution in [1.82, 2.24) is 5.32 Å². The third kappa shape index (κ3) is 3.81. The Kier molecular flexibility index (Phi) is 5.02. The molecular weight excluding hydrogens is 370 g/mol. The summed E-state index contributed by atoms with van der Waals surface area (Å²) >= 11 is 6.97. The number of hydrogen-bond acceptors (Lipinski definition) is 2. The zero-order chi connectivity index (χ0) is 13.8. The summed E-state index contributed by atoms with van der Waals surface area (Å²) in [6, 6.07) is 13.8. The molecule has 0 aliphatic carbocycles. The van der Waals surface area contributed by atoms with Crippen molar-refractivity contribution in [3.05, 3.63) is 62.5 Å². The Morgan fingerprint density at radius 2 is 1.89 bits per heavy atom. The van der Waals surface area contributed by atoms with Crippen LogP contribution in [0.4, 0.5) is 0 Å². The van der Waals surface area contributed by atoms with Gasteiger partial charge in [0.2, 0.25) is 0 Å². The Labute approximate surface area is 130 Å². The highest BCUT2D eigenvalue weighted by atomic mass is 79.9. The van der Waals surface area contributed by atoms with Crippen LogP contribution in [0.1, 0.15) is 24.1 Å². The molecule has 2 rings (SSSR count). The zero-order valence-electron chi connectivity index (χ0n) is 10.5. The van der Waals surface area contributed by atoms with Gasteiger partial charge in [-0.2, -0.15) is 0 Å². The lowest BCUT2D eigenvalue weighted by Crippen LogP contribution is -2.18. The first-order valence-corrected chi connectivity index (χ1v) is 7.61. The molecule has 2 aromatic carbocycles. The SMILES string of the molecule is C[C@H](NCc1cc(Br)ccc1O)c1ccccc1Br. The zero-order valence-corrected chi connectivity index (χ0v) is 13.7. The van der Waals surface area contributed by atoms with E-state index >= 15 is 0 Å².